The minimum absolute atomic E-state index is 0.101. The van der Waals surface area contributed by atoms with Crippen molar-refractivity contribution in [3.05, 3.63) is 0 Å². The third-order valence-electron chi connectivity index (χ3n) is 1.11. The highest BCUT2D eigenvalue weighted by Crippen LogP contribution is 2.35. The Kier molecular flexibility index (Phi) is 5.72. The quantitative estimate of drug-likeness (QED) is 0.404. The molecule has 0 saturated carbocycles. The van der Waals surface area contributed by atoms with E-state index >= 15 is 0 Å². The molecule has 0 fully saturated rings. The molecule has 0 rings (SSSR count). The molecule has 0 aromatic heterocycles. The monoisotopic (exact) mass is 183 g/mol. The number of nitrogens with two attached hydrogens (primary N) is 1. The topological polar surface area (TPSA) is 92.8 Å². The normalized spacial score (nSPS) is 11.9. The number of hydrogen-bond acceptors (Lipinski definition) is 3. The Morgan fingerprint density at radius 3 is 2.36 bits per heavy atom. The second-order valence-corrected chi connectivity index (χ2v) is 3.41. The van der Waals surface area contributed by atoms with Gasteiger partial charge in [0.05, 0.1) is 6.61 Å². The van der Waals surface area contributed by atoms with Gasteiger partial charge in [0.25, 0.3) is 0 Å². The molecule has 0 amide bonds. The van der Waals surface area contributed by atoms with Crippen LogP contribution in [0.15, 0.2) is 0 Å². The SMILES string of the molecule is NCCCCCOP(=O)(O)O. The van der Waals surface area contributed by atoms with Crippen LogP contribution in [0.25, 0.3) is 0 Å². The minimum atomic E-state index is -4.25. The van der Waals surface area contributed by atoms with Gasteiger partial charge in [0.15, 0.2) is 0 Å². The Bertz CT molecular complexity index is 134. The van der Waals surface area contributed by atoms with Crippen LogP contribution in [0.4, 0.5) is 0 Å². The summed E-state index contributed by atoms with van der Waals surface area (Å²) in [6.45, 7) is 0.709. The zero-order chi connectivity index (χ0) is 8.74. The summed E-state index contributed by atoms with van der Waals surface area (Å²) >= 11 is 0. The largest absolute Gasteiger partial charge is 0.469 e. The molecule has 0 heterocycles. The van der Waals surface area contributed by atoms with Crippen LogP contribution in [0, 0.1) is 0 Å². The molecule has 11 heavy (non-hydrogen) atoms. The van der Waals surface area contributed by atoms with Crippen molar-refractivity contribution in [2.45, 2.75) is 19.3 Å². The van der Waals surface area contributed by atoms with E-state index in [0.29, 0.717) is 13.0 Å². The van der Waals surface area contributed by atoms with Crippen LogP contribution < -0.4 is 5.73 Å². The van der Waals surface area contributed by atoms with Gasteiger partial charge in [-0.3, -0.25) is 4.52 Å². The standard InChI is InChI=1S/C5H14NO4P/c6-4-2-1-3-5-10-11(7,8)9/h1-6H2,(H2,7,8,9). The van der Waals surface area contributed by atoms with Gasteiger partial charge in [-0.05, 0) is 25.8 Å². The molecule has 6 heteroatoms. The Labute approximate surface area is 65.8 Å². The van der Waals surface area contributed by atoms with E-state index in [1.807, 2.05) is 0 Å². The average Bonchev–Trinajstić information content (AvgIpc) is 1.85. The summed E-state index contributed by atoms with van der Waals surface area (Å²) in [5.41, 5.74) is 5.20. The van der Waals surface area contributed by atoms with E-state index < -0.39 is 7.82 Å². The summed E-state index contributed by atoms with van der Waals surface area (Å²) in [5.74, 6) is 0. The van der Waals surface area contributed by atoms with Crippen molar-refractivity contribution in [3.8, 4) is 0 Å². The van der Waals surface area contributed by atoms with Gasteiger partial charge in [-0.15, -0.1) is 0 Å². The number of rotatable bonds is 6. The van der Waals surface area contributed by atoms with Gasteiger partial charge >= 0.3 is 7.82 Å². The molecule has 0 aliphatic rings. The molecule has 0 aliphatic heterocycles. The fraction of sp³-hybridized carbons (Fsp3) is 1.00. The lowest BCUT2D eigenvalue weighted by molar-refractivity contribution is 0.193. The Hall–Kier alpha value is 0.0700. The van der Waals surface area contributed by atoms with Gasteiger partial charge < -0.3 is 15.5 Å². The number of phosphoric acid groups is 1. The molecule has 0 aliphatic carbocycles. The summed E-state index contributed by atoms with van der Waals surface area (Å²) < 4.78 is 14.3. The van der Waals surface area contributed by atoms with Crippen molar-refractivity contribution < 1.29 is 18.9 Å². The van der Waals surface area contributed by atoms with E-state index in [0.717, 1.165) is 12.8 Å². The summed E-state index contributed by atoms with van der Waals surface area (Å²) in [4.78, 5) is 16.5. The first-order valence-corrected chi connectivity index (χ1v) is 4.99. The highest BCUT2D eigenvalue weighted by Gasteiger charge is 2.11. The first-order valence-electron chi connectivity index (χ1n) is 3.46. The third-order valence-corrected chi connectivity index (χ3v) is 1.63. The van der Waals surface area contributed by atoms with Crippen molar-refractivity contribution in [1.29, 1.82) is 0 Å². The van der Waals surface area contributed by atoms with Gasteiger partial charge in [-0.1, -0.05) is 0 Å². The number of hydrogen-bond donors (Lipinski definition) is 3. The molecule has 0 aromatic rings. The summed E-state index contributed by atoms with van der Waals surface area (Å²) in [7, 11) is -4.25. The van der Waals surface area contributed by atoms with E-state index in [9.17, 15) is 4.57 Å². The molecule has 0 bridgehead atoms. The predicted molar refractivity (Wildman–Crippen MR) is 40.9 cm³/mol. The molecule has 4 N–H and O–H groups in total. The lowest BCUT2D eigenvalue weighted by Gasteiger charge is -2.03. The summed E-state index contributed by atoms with van der Waals surface area (Å²) in [5, 5.41) is 0. The molecule has 0 spiro atoms. The fourth-order valence-corrected chi connectivity index (χ4v) is 0.974. The molecule has 68 valence electrons. The van der Waals surface area contributed by atoms with Gasteiger partial charge in [0.2, 0.25) is 0 Å². The van der Waals surface area contributed by atoms with E-state index in [2.05, 4.69) is 4.52 Å². The third kappa shape index (κ3) is 10.1. The highest BCUT2D eigenvalue weighted by molar-refractivity contribution is 7.46. The van der Waals surface area contributed by atoms with Crippen molar-refractivity contribution in [1.82, 2.24) is 0 Å². The van der Waals surface area contributed by atoms with Crippen LogP contribution in [0.3, 0.4) is 0 Å². The maximum Gasteiger partial charge on any atom is 0.469 e. The Morgan fingerprint density at radius 1 is 1.27 bits per heavy atom. The highest BCUT2D eigenvalue weighted by atomic mass is 31.2. The van der Waals surface area contributed by atoms with Crippen molar-refractivity contribution in [2.75, 3.05) is 13.2 Å². The molecule has 5 nitrogen and oxygen atoms in total. The lowest BCUT2D eigenvalue weighted by Crippen LogP contribution is -1.99. The van der Waals surface area contributed by atoms with Crippen LogP contribution in [0.1, 0.15) is 19.3 Å². The summed E-state index contributed by atoms with van der Waals surface area (Å²) in [6.07, 6.45) is 2.35. The van der Waals surface area contributed by atoms with Gasteiger partial charge in [-0.25, -0.2) is 4.57 Å². The van der Waals surface area contributed by atoms with Crippen LogP contribution in [-0.4, -0.2) is 22.9 Å². The predicted octanol–water partition coefficient (Wildman–Crippen LogP) is 0.225. The summed E-state index contributed by atoms with van der Waals surface area (Å²) in [6, 6.07) is 0. The molecule has 0 unspecified atom stereocenters. The number of phosphoric ester groups is 1. The number of unbranched alkanes of at least 4 members (excludes halogenated alkanes) is 2. The van der Waals surface area contributed by atoms with E-state index in [-0.39, 0.29) is 6.61 Å². The van der Waals surface area contributed by atoms with E-state index in [4.69, 9.17) is 15.5 Å². The van der Waals surface area contributed by atoms with Crippen molar-refractivity contribution in [3.63, 3.8) is 0 Å². The molecule has 0 aromatic carbocycles. The molecular weight excluding hydrogens is 169 g/mol. The minimum Gasteiger partial charge on any atom is -0.330 e. The van der Waals surface area contributed by atoms with Gasteiger partial charge in [0.1, 0.15) is 0 Å². The molecule has 0 saturated heterocycles. The van der Waals surface area contributed by atoms with Crippen LogP contribution in [0.2, 0.25) is 0 Å². The zero-order valence-corrected chi connectivity index (χ0v) is 7.17. The average molecular weight is 183 g/mol. The molecular formula is C5H14NO4P. The second-order valence-electron chi connectivity index (χ2n) is 2.17. The van der Waals surface area contributed by atoms with Crippen LogP contribution >= 0.6 is 7.82 Å². The van der Waals surface area contributed by atoms with Gasteiger partial charge in [0, 0.05) is 0 Å². The maximum atomic E-state index is 10.1. The molecule has 0 atom stereocenters. The van der Waals surface area contributed by atoms with Gasteiger partial charge in [-0.2, -0.15) is 0 Å². The first-order chi connectivity index (χ1) is 5.06. The van der Waals surface area contributed by atoms with Crippen molar-refractivity contribution >= 4 is 7.82 Å². The Balaban J connectivity index is 3.09. The van der Waals surface area contributed by atoms with Crippen molar-refractivity contribution in [2.24, 2.45) is 5.73 Å². The Morgan fingerprint density at radius 2 is 1.91 bits per heavy atom. The second kappa shape index (κ2) is 5.69. The van der Waals surface area contributed by atoms with Crippen LogP contribution in [0.5, 0.6) is 0 Å². The maximum absolute atomic E-state index is 10.1. The fourth-order valence-electron chi connectivity index (χ4n) is 0.607. The smallest absolute Gasteiger partial charge is 0.330 e. The van der Waals surface area contributed by atoms with E-state index in [1.54, 1.807) is 0 Å². The van der Waals surface area contributed by atoms with E-state index in [1.165, 1.54) is 0 Å². The van der Waals surface area contributed by atoms with Crippen LogP contribution in [-0.2, 0) is 9.09 Å². The first kappa shape index (κ1) is 11.1. The lowest BCUT2D eigenvalue weighted by atomic mass is 10.2. The molecule has 0 radical (unpaired) electrons. The zero-order valence-electron chi connectivity index (χ0n) is 6.27.